The molecule has 4 heteroatoms. The number of carbonyl (C=O) groups excluding carboxylic acids is 1. The quantitative estimate of drug-likeness (QED) is 0.722. The Balaban J connectivity index is 1.52. The average Bonchev–Trinajstić information content (AvgIpc) is 3.16. The van der Waals surface area contributed by atoms with Gasteiger partial charge in [0.05, 0.1) is 6.61 Å². The maximum absolute atomic E-state index is 12.4. The maximum atomic E-state index is 12.4. The van der Waals surface area contributed by atoms with Gasteiger partial charge in [0.1, 0.15) is 5.75 Å². The second-order valence-corrected chi connectivity index (χ2v) is 6.76. The summed E-state index contributed by atoms with van der Waals surface area (Å²) in [7, 11) is 0. The fourth-order valence-corrected chi connectivity index (χ4v) is 3.36. The molecule has 0 aliphatic carbocycles. The molecule has 0 saturated carbocycles. The Morgan fingerprint density at radius 1 is 1.15 bits per heavy atom. The lowest BCUT2D eigenvalue weighted by Crippen LogP contribution is -2.40. The van der Waals surface area contributed by atoms with Crippen LogP contribution in [0.5, 0.6) is 5.75 Å². The van der Waals surface area contributed by atoms with Gasteiger partial charge >= 0.3 is 0 Å². The minimum atomic E-state index is -0.0231. The molecule has 1 fully saturated rings. The van der Waals surface area contributed by atoms with E-state index in [1.807, 2.05) is 30.3 Å². The molecule has 1 amide bonds. The Labute approximate surface area is 156 Å². The van der Waals surface area contributed by atoms with E-state index in [9.17, 15) is 4.79 Å². The number of benzene rings is 2. The third-order valence-electron chi connectivity index (χ3n) is 4.85. The number of ether oxygens (including phenoxy) is 1. The molecular formula is C22H28N2O2. The van der Waals surface area contributed by atoms with Crippen molar-refractivity contribution >= 4 is 11.6 Å². The Morgan fingerprint density at radius 3 is 2.65 bits per heavy atom. The summed E-state index contributed by atoms with van der Waals surface area (Å²) in [5.74, 6) is 0.797. The highest BCUT2D eigenvalue weighted by Gasteiger charge is 2.25. The normalized spacial score (nSPS) is 16.5. The smallest absolute Gasteiger partial charge is 0.251 e. The van der Waals surface area contributed by atoms with Crippen molar-refractivity contribution in [3.8, 4) is 5.75 Å². The van der Waals surface area contributed by atoms with Gasteiger partial charge in [-0.3, -0.25) is 4.79 Å². The highest BCUT2D eigenvalue weighted by Crippen LogP contribution is 2.24. The van der Waals surface area contributed by atoms with Gasteiger partial charge in [0, 0.05) is 30.4 Å². The summed E-state index contributed by atoms with van der Waals surface area (Å²) in [6.45, 7) is 4.58. The van der Waals surface area contributed by atoms with E-state index in [2.05, 4.69) is 41.4 Å². The summed E-state index contributed by atoms with van der Waals surface area (Å²) in [6.07, 6.45) is 4.43. The van der Waals surface area contributed by atoms with Crippen LogP contribution in [0.25, 0.3) is 0 Å². The number of rotatable bonds is 8. The van der Waals surface area contributed by atoms with Crippen LogP contribution in [-0.2, 0) is 0 Å². The van der Waals surface area contributed by atoms with Crippen LogP contribution in [0.15, 0.2) is 54.6 Å². The predicted octanol–water partition coefficient (Wildman–Crippen LogP) is 4.26. The van der Waals surface area contributed by atoms with Crippen molar-refractivity contribution in [3.63, 3.8) is 0 Å². The van der Waals surface area contributed by atoms with Crippen LogP contribution in [0.4, 0.5) is 5.69 Å². The first-order valence-electron chi connectivity index (χ1n) is 9.60. The molecule has 4 nitrogen and oxygen atoms in total. The summed E-state index contributed by atoms with van der Waals surface area (Å²) in [5, 5.41) is 3.09. The second kappa shape index (κ2) is 9.27. The zero-order valence-corrected chi connectivity index (χ0v) is 15.5. The van der Waals surface area contributed by atoms with Crippen LogP contribution in [0.3, 0.4) is 0 Å². The Bertz CT molecular complexity index is 685. The minimum Gasteiger partial charge on any atom is -0.494 e. The summed E-state index contributed by atoms with van der Waals surface area (Å²) < 4.78 is 5.65. The molecule has 1 atom stereocenters. The molecule has 1 saturated heterocycles. The standard InChI is InChI=1S/C22H28N2O2/c1-2-3-16-26-21-13-11-18(12-14-21)22(25)23-17-20-10-7-15-24(20)19-8-5-4-6-9-19/h4-6,8-9,11-14,20H,2-3,7,10,15-17H2,1H3,(H,23,25). The molecule has 0 bridgehead atoms. The van der Waals surface area contributed by atoms with Crippen LogP contribution in [0.2, 0.25) is 0 Å². The van der Waals surface area contributed by atoms with E-state index in [1.54, 1.807) is 0 Å². The van der Waals surface area contributed by atoms with E-state index >= 15 is 0 Å². The summed E-state index contributed by atoms with van der Waals surface area (Å²) in [6, 6.07) is 18.2. The van der Waals surface area contributed by atoms with Gasteiger partial charge in [-0.25, -0.2) is 0 Å². The van der Waals surface area contributed by atoms with E-state index in [0.717, 1.165) is 38.2 Å². The lowest BCUT2D eigenvalue weighted by molar-refractivity contribution is 0.0951. The highest BCUT2D eigenvalue weighted by molar-refractivity contribution is 5.94. The summed E-state index contributed by atoms with van der Waals surface area (Å²) in [4.78, 5) is 14.8. The summed E-state index contributed by atoms with van der Waals surface area (Å²) >= 11 is 0. The largest absolute Gasteiger partial charge is 0.494 e. The average molecular weight is 352 g/mol. The lowest BCUT2D eigenvalue weighted by atomic mass is 10.1. The minimum absolute atomic E-state index is 0.0231. The number of para-hydroxylation sites is 1. The number of anilines is 1. The van der Waals surface area contributed by atoms with Gasteiger partial charge in [-0.1, -0.05) is 31.5 Å². The molecule has 138 valence electrons. The van der Waals surface area contributed by atoms with E-state index in [4.69, 9.17) is 4.74 Å². The Hall–Kier alpha value is -2.49. The number of carbonyl (C=O) groups is 1. The molecule has 2 aromatic rings. The molecular weight excluding hydrogens is 324 g/mol. The van der Waals surface area contributed by atoms with E-state index in [-0.39, 0.29) is 5.91 Å². The topological polar surface area (TPSA) is 41.6 Å². The van der Waals surface area contributed by atoms with Gasteiger partial charge in [-0.2, -0.15) is 0 Å². The first kappa shape index (κ1) is 18.3. The highest BCUT2D eigenvalue weighted by atomic mass is 16.5. The number of hydrogen-bond acceptors (Lipinski definition) is 3. The zero-order chi connectivity index (χ0) is 18.2. The van der Waals surface area contributed by atoms with Crippen LogP contribution in [0, 0.1) is 0 Å². The van der Waals surface area contributed by atoms with E-state index < -0.39 is 0 Å². The van der Waals surface area contributed by atoms with Gasteiger partial charge < -0.3 is 15.0 Å². The maximum Gasteiger partial charge on any atom is 0.251 e. The van der Waals surface area contributed by atoms with Crippen LogP contribution in [0.1, 0.15) is 43.0 Å². The molecule has 0 aromatic heterocycles. The van der Waals surface area contributed by atoms with Gasteiger partial charge in [-0.15, -0.1) is 0 Å². The SMILES string of the molecule is CCCCOc1ccc(C(=O)NCC2CCCN2c2ccccc2)cc1. The monoisotopic (exact) mass is 352 g/mol. The predicted molar refractivity (Wildman–Crippen MR) is 106 cm³/mol. The van der Waals surface area contributed by atoms with Crippen LogP contribution < -0.4 is 15.0 Å². The fraction of sp³-hybridized carbons (Fsp3) is 0.409. The Kier molecular flexibility index (Phi) is 6.53. The zero-order valence-electron chi connectivity index (χ0n) is 15.5. The second-order valence-electron chi connectivity index (χ2n) is 6.76. The molecule has 2 aromatic carbocycles. The number of nitrogens with one attached hydrogen (secondary N) is 1. The number of nitrogens with zero attached hydrogens (tertiary/aromatic N) is 1. The van der Waals surface area contributed by atoms with Crippen LogP contribution >= 0.6 is 0 Å². The molecule has 1 aliphatic heterocycles. The van der Waals surface area contributed by atoms with Crippen molar-refractivity contribution in [3.05, 3.63) is 60.2 Å². The third kappa shape index (κ3) is 4.78. The molecule has 3 rings (SSSR count). The van der Waals surface area contributed by atoms with E-state index in [1.165, 1.54) is 12.1 Å². The third-order valence-corrected chi connectivity index (χ3v) is 4.85. The molecule has 1 aliphatic rings. The van der Waals surface area contributed by atoms with Crippen LogP contribution in [-0.4, -0.2) is 31.6 Å². The molecule has 1 unspecified atom stereocenters. The lowest BCUT2D eigenvalue weighted by Gasteiger charge is -2.27. The fourth-order valence-electron chi connectivity index (χ4n) is 3.36. The van der Waals surface area contributed by atoms with Crippen molar-refractivity contribution in [2.75, 3.05) is 24.6 Å². The number of amides is 1. The van der Waals surface area contributed by atoms with Crippen molar-refractivity contribution < 1.29 is 9.53 Å². The Morgan fingerprint density at radius 2 is 1.92 bits per heavy atom. The molecule has 1 heterocycles. The van der Waals surface area contributed by atoms with Gasteiger partial charge in [-0.05, 0) is 55.7 Å². The van der Waals surface area contributed by atoms with Gasteiger partial charge in [0.15, 0.2) is 0 Å². The number of hydrogen-bond donors (Lipinski definition) is 1. The van der Waals surface area contributed by atoms with Crippen molar-refractivity contribution in [2.24, 2.45) is 0 Å². The molecule has 0 spiro atoms. The van der Waals surface area contributed by atoms with Gasteiger partial charge in [0.2, 0.25) is 0 Å². The van der Waals surface area contributed by atoms with Gasteiger partial charge in [0.25, 0.3) is 5.91 Å². The van der Waals surface area contributed by atoms with E-state index in [0.29, 0.717) is 18.2 Å². The first-order valence-corrected chi connectivity index (χ1v) is 9.60. The molecule has 0 radical (unpaired) electrons. The number of unbranched alkanes of at least 4 members (excludes halogenated alkanes) is 1. The van der Waals surface area contributed by atoms with Crippen molar-refractivity contribution in [1.29, 1.82) is 0 Å². The first-order chi connectivity index (χ1) is 12.8. The summed E-state index contributed by atoms with van der Waals surface area (Å²) in [5.41, 5.74) is 1.91. The molecule has 26 heavy (non-hydrogen) atoms. The van der Waals surface area contributed by atoms with Crippen molar-refractivity contribution in [2.45, 2.75) is 38.6 Å². The van der Waals surface area contributed by atoms with Crippen molar-refractivity contribution in [1.82, 2.24) is 5.32 Å². The molecule has 1 N–H and O–H groups in total.